The molecule has 0 radical (unpaired) electrons. The number of hydrogen-bond donors (Lipinski definition) is 0. The summed E-state index contributed by atoms with van der Waals surface area (Å²) in [5, 5.41) is 10.8. The van der Waals surface area contributed by atoms with Gasteiger partial charge in [0.05, 0.1) is 16.5 Å². The Morgan fingerprint density at radius 1 is 0.857 bits per heavy atom. The molecule has 0 spiro atoms. The lowest BCUT2D eigenvalue weighted by molar-refractivity contribution is 0.540. The van der Waals surface area contributed by atoms with Gasteiger partial charge in [0.2, 0.25) is 0 Å². The van der Waals surface area contributed by atoms with Gasteiger partial charge in [0.25, 0.3) is 0 Å². The summed E-state index contributed by atoms with van der Waals surface area (Å²) in [7, 11) is 0. The van der Waals surface area contributed by atoms with E-state index in [2.05, 4.69) is 0 Å². The third-order valence-electron chi connectivity index (χ3n) is 3.07. The predicted molar refractivity (Wildman–Crippen MR) is 79.1 cm³/mol. The molecule has 0 aromatic heterocycles. The quantitative estimate of drug-likeness (QED) is 0.654. The Morgan fingerprint density at radius 2 is 1.52 bits per heavy atom. The molecule has 0 amide bonds. The smallest absolute Gasteiger partial charge is 0.141 e. The van der Waals surface area contributed by atoms with E-state index in [0.717, 1.165) is 39.6 Å². The highest BCUT2D eigenvalue weighted by Crippen LogP contribution is 2.34. The van der Waals surface area contributed by atoms with Crippen LogP contribution in [0.2, 0.25) is 0 Å². The van der Waals surface area contributed by atoms with Crippen molar-refractivity contribution < 1.29 is 8.78 Å². The number of nitrogens with zero attached hydrogens (tertiary/aromatic N) is 1. The fourth-order valence-electron chi connectivity index (χ4n) is 2.07. The number of halogens is 2. The second kappa shape index (κ2) is 5.55. The molecule has 0 bridgehead atoms. The van der Waals surface area contributed by atoms with Gasteiger partial charge in [0.1, 0.15) is 11.6 Å². The SMILES string of the molecule is N#Cc1cc(F)c(Sc2ccc3ccccc3c2)c(F)c1. The normalized spacial score (nSPS) is 10.5. The number of rotatable bonds is 2. The second-order valence-electron chi connectivity index (χ2n) is 4.49. The fraction of sp³-hybridized carbons (Fsp3) is 0. The molecule has 0 heterocycles. The minimum Gasteiger partial charge on any atom is -0.206 e. The highest BCUT2D eigenvalue weighted by Gasteiger charge is 2.13. The monoisotopic (exact) mass is 297 g/mol. The Balaban J connectivity index is 2.01. The van der Waals surface area contributed by atoms with Crippen molar-refractivity contribution in [3.05, 3.63) is 71.8 Å². The van der Waals surface area contributed by atoms with E-state index < -0.39 is 11.6 Å². The molecule has 21 heavy (non-hydrogen) atoms. The van der Waals surface area contributed by atoms with E-state index >= 15 is 0 Å². The van der Waals surface area contributed by atoms with Crippen molar-refractivity contribution in [3.63, 3.8) is 0 Å². The third kappa shape index (κ3) is 2.74. The molecule has 0 saturated heterocycles. The maximum Gasteiger partial charge on any atom is 0.141 e. The van der Waals surface area contributed by atoms with Crippen LogP contribution in [0.15, 0.2) is 64.4 Å². The van der Waals surface area contributed by atoms with Crippen LogP contribution in [-0.2, 0) is 0 Å². The van der Waals surface area contributed by atoms with Gasteiger partial charge in [-0.15, -0.1) is 0 Å². The van der Waals surface area contributed by atoms with Crippen molar-refractivity contribution in [1.29, 1.82) is 5.26 Å². The number of nitriles is 1. The first-order chi connectivity index (χ1) is 10.2. The van der Waals surface area contributed by atoms with Crippen LogP contribution in [0, 0.1) is 23.0 Å². The molecule has 0 saturated carbocycles. The Hall–Kier alpha value is -2.38. The van der Waals surface area contributed by atoms with E-state index in [-0.39, 0.29) is 10.5 Å². The first-order valence-corrected chi connectivity index (χ1v) is 7.05. The van der Waals surface area contributed by atoms with E-state index in [1.54, 1.807) is 6.07 Å². The lowest BCUT2D eigenvalue weighted by Crippen LogP contribution is -1.90. The summed E-state index contributed by atoms with van der Waals surface area (Å²) in [6.07, 6.45) is 0. The standard InChI is InChI=1S/C17H9F2NS/c18-15-7-11(10-20)8-16(19)17(15)21-14-6-5-12-3-1-2-4-13(12)9-14/h1-9H. The van der Waals surface area contributed by atoms with Gasteiger partial charge in [-0.25, -0.2) is 8.78 Å². The molecule has 0 atom stereocenters. The van der Waals surface area contributed by atoms with Crippen LogP contribution in [0.5, 0.6) is 0 Å². The van der Waals surface area contributed by atoms with E-state index in [9.17, 15) is 8.78 Å². The average Bonchev–Trinajstić information content (AvgIpc) is 2.50. The summed E-state index contributed by atoms with van der Waals surface area (Å²) in [5.74, 6) is -1.44. The molecule has 0 aliphatic rings. The van der Waals surface area contributed by atoms with Gasteiger partial charge in [-0.2, -0.15) is 5.26 Å². The van der Waals surface area contributed by atoms with Gasteiger partial charge in [0, 0.05) is 4.90 Å². The van der Waals surface area contributed by atoms with Crippen molar-refractivity contribution in [3.8, 4) is 6.07 Å². The minimum atomic E-state index is -0.718. The Morgan fingerprint density at radius 3 is 2.19 bits per heavy atom. The Bertz CT molecular complexity index is 845. The topological polar surface area (TPSA) is 23.8 Å². The van der Waals surface area contributed by atoms with Gasteiger partial charge in [-0.1, -0.05) is 42.1 Å². The molecule has 0 fully saturated rings. The van der Waals surface area contributed by atoms with Crippen LogP contribution in [0.4, 0.5) is 8.78 Å². The van der Waals surface area contributed by atoms with Crippen molar-refractivity contribution in [2.75, 3.05) is 0 Å². The number of fused-ring (bicyclic) bond motifs is 1. The molecule has 0 N–H and O–H groups in total. The van der Waals surface area contributed by atoms with Crippen LogP contribution < -0.4 is 0 Å². The maximum atomic E-state index is 13.9. The predicted octanol–water partition coefficient (Wildman–Crippen LogP) is 5.14. The Labute approximate surface area is 124 Å². The molecule has 0 unspecified atom stereocenters. The van der Waals surface area contributed by atoms with Crippen molar-refractivity contribution in [1.82, 2.24) is 0 Å². The molecule has 0 aliphatic heterocycles. The molecule has 3 rings (SSSR count). The van der Waals surface area contributed by atoms with Gasteiger partial charge in [0.15, 0.2) is 0 Å². The van der Waals surface area contributed by atoms with Crippen LogP contribution in [0.25, 0.3) is 10.8 Å². The largest absolute Gasteiger partial charge is 0.206 e. The summed E-state index contributed by atoms with van der Waals surface area (Å²) in [6.45, 7) is 0. The zero-order chi connectivity index (χ0) is 14.8. The summed E-state index contributed by atoms with van der Waals surface area (Å²) >= 11 is 1.02. The van der Waals surface area contributed by atoms with E-state index in [0.29, 0.717) is 0 Å². The molecular formula is C17H9F2NS. The van der Waals surface area contributed by atoms with Gasteiger partial charge in [-0.05, 0) is 35.0 Å². The first-order valence-electron chi connectivity index (χ1n) is 6.23. The highest BCUT2D eigenvalue weighted by molar-refractivity contribution is 7.99. The zero-order valence-electron chi connectivity index (χ0n) is 10.8. The molecule has 3 aromatic rings. The molecular weight excluding hydrogens is 288 g/mol. The molecule has 1 nitrogen and oxygen atoms in total. The molecule has 4 heteroatoms. The van der Waals surface area contributed by atoms with E-state index in [1.165, 1.54) is 0 Å². The van der Waals surface area contributed by atoms with Crippen molar-refractivity contribution in [2.45, 2.75) is 9.79 Å². The van der Waals surface area contributed by atoms with E-state index in [1.807, 2.05) is 42.5 Å². The lowest BCUT2D eigenvalue weighted by Gasteiger charge is -2.06. The molecule has 3 aromatic carbocycles. The third-order valence-corrected chi connectivity index (χ3v) is 4.15. The van der Waals surface area contributed by atoms with Crippen LogP contribution >= 0.6 is 11.8 Å². The zero-order valence-corrected chi connectivity index (χ0v) is 11.6. The lowest BCUT2D eigenvalue weighted by atomic mass is 10.1. The van der Waals surface area contributed by atoms with Crippen LogP contribution in [0.1, 0.15) is 5.56 Å². The summed E-state index contributed by atoms with van der Waals surface area (Å²) in [4.78, 5) is 0.653. The van der Waals surface area contributed by atoms with Crippen molar-refractivity contribution in [2.24, 2.45) is 0 Å². The minimum absolute atomic E-state index is 0.0205. The maximum absolute atomic E-state index is 13.9. The summed E-state index contributed by atoms with van der Waals surface area (Å²) < 4.78 is 27.8. The van der Waals surface area contributed by atoms with Crippen LogP contribution in [0.3, 0.4) is 0 Å². The van der Waals surface area contributed by atoms with E-state index in [4.69, 9.17) is 5.26 Å². The summed E-state index contributed by atoms with van der Waals surface area (Å²) in [6, 6.07) is 17.2. The second-order valence-corrected chi connectivity index (χ2v) is 5.58. The summed E-state index contributed by atoms with van der Waals surface area (Å²) in [5.41, 5.74) is -0.0205. The van der Waals surface area contributed by atoms with Gasteiger partial charge in [-0.3, -0.25) is 0 Å². The molecule has 0 aliphatic carbocycles. The fourth-order valence-corrected chi connectivity index (χ4v) is 2.94. The number of hydrogen-bond acceptors (Lipinski definition) is 2. The average molecular weight is 297 g/mol. The highest BCUT2D eigenvalue weighted by atomic mass is 32.2. The van der Waals surface area contributed by atoms with Gasteiger partial charge < -0.3 is 0 Å². The van der Waals surface area contributed by atoms with Gasteiger partial charge >= 0.3 is 0 Å². The Kier molecular flexibility index (Phi) is 3.59. The molecule has 102 valence electrons. The van der Waals surface area contributed by atoms with Crippen LogP contribution in [-0.4, -0.2) is 0 Å². The number of benzene rings is 3. The first kappa shape index (κ1) is 13.6. The van der Waals surface area contributed by atoms with Crippen molar-refractivity contribution >= 4 is 22.5 Å².